The molecule has 2 rings (SSSR count). The number of fused-ring (bicyclic) bond motifs is 1. The fourth-order valence-electron chi connectivity index (χ4n) is 2.75. The lowest BCUT2D eigenvalue weighted by molar-refractivity contribution is -0.121. The molecular formula is C16H27Cl2N5O2. The molecule has 25 heavy (non-hydrogen) atoms. The first kappa shape index (κ1) is 23.4. The number of nitrogens with zero attached hydrogens (tertiary/aromatic N) is 3. The van der Waals surface area contributed by atoms with E-state index in [4.69, 9.17) is 10.5 Å². The fourth-order valence-corrected chi connectivity index (χ4v) is 2.75. The summed E-state index contributed by atoms with van der Waals surface area (Å²) < 4.78 is 7.07. The van der Waals surface area contributed by atoms with Crippen LogP contribution in [0, 0.1) is 13.8 Å². The van der Waals surface area contributed by atoms with Gasteiger partial charge in [0.05, 0.1) is 12.5 Å². The molecule has 0 spiro atoms. The zero-order chi connectivity index (χ0) is 17.1. The van der Waals surface area contributed by atoms with Crippen molar-refractivity contribution >= 4 is 41.8 Å². The highest BCUT2D eigenvalue weighted by Gasteiger charge is 2.18. The molecule has 0 saturated heterocycles. The summed E-state index contributed by atoms with van der Waals surface area (Å²) in [5.41, 5.74) is 9.37. The van der Waals surface area contributed by atoms with E-state index in [1.54, 1.807) is 11.8 Å². The SMILES string of the molecule is COc1nn(C)c2nc(C)c(CCC(=O)N[C@@H](C)CN)c(C)c12.Cl.Cl. The van der Waals surface area contributed by atoms with Crippen molar-refractivity contribution in [3.63, 3.8) is 0 Å². The van der Waals surface area contributed by atoms with Crippen molar-refractivity contribution in [3.05, 3.63) is 16.8 Å². The first-order valence-corrected chi connectivity index (χ1v) is 7.75. The van der Waals surface area contributed by atoms with Crippen molar-refractivity contribution in [3.8, 4) is 5.88 Å². The Hall–Kier alpha value is -1.57. The molecule has 2 aromatic heterocycles. The Morgan fingerprint density at radius 2 is 2.00 bits per heavy atom. The van der Waals surface area contributed by atoms with E-state index in [2.05, 4.69) is 15.4 Å². The normalized spacial score (nSPS) is 11.4. The highest BCUT2D eigenvalue weighted by Crippen LogP contribution is 2.30. The van der Waals surface area contributed by atoms with Gasteiger partial charge in [-0.15, -0.1) is 29.9 Å². The molecule has 3 N–H and O–H groups in total. The van der Waals surface area contributed by atoms with Gasteiger partial charge in [-0.05, 0) is 38.3 Å². The van der Waals surface area contributed by atoms with E-state index in [1.807, 2.05) is 27.8 Å². The van der Waals surface area contributed by atoms with E-state index < -0.39 is 0 Å². The molecule has 1 atom stereocenters. The Kier molecular flexibility index (Phi) is 9.18. The van der Waals surface area contributed by atoms with E-state index in [9.17, 15) is 4.79 Å². The van der Waals surface area contributed by atoms with Crippen LogP contribution in [0.5, 0.6) is 5.88 Å². The summed E-state index contributed by atoms with van der Waals surface area (Å²) in [6.45, 7) is 6.31. The number of halogens is 2. The van der Waals surface area contributed by atoms with Crippen molar-refractivity contribution < 1.29 is 9.53 Å². The quantitative estimate of drug-likeness (QED) is 0.782. The molecule has 0 radical (unpaired) electrons. The number of aromatic nitrogens is 3. The number of aryl methyl sites for hydroxylation is 3. The summed E-state index contributed by atoms with van der Waals surface area (Å²) >= 11 is 0. The van der Waals surface area contributed by atoms with Crippen LogP contribution in [0.15, 0.2) is 0 Å². The standard InChI is InChI=1S/C16H25N5O2.2ClH/c1-9(8-17)18-13(22)7-6-12-10(2)14-15(19-11(12)3)21(4)20-16(14)23-5;;/h9H,6-8,17H2,1-5H3,(H,18,22);2*1H/t9-;;/m0../s1. The first-order valence-electron chi connectivity index (χ1n) is 7.75. The highest BCUT2D eigenvalue weighted by atomic mass is 35.5. The average Bonchev–Trinajstić information content (AvgIpc) is 2.83. The summed E-state index contributed by atoms with van der Waals surface area (Å²) in [5, 5.41) is 8.12. The Bertz CT molecular complexity index is 733. The van der Waals surface area contributed by atoms with E-state index in [-0.39, 0.29) is 36.8 Å². The summed E-state index contributed by atoms with van der Waals surface area (Å²) in [6.07, 6.45) is 1.03. The van der Waals surface area contributed by atoms with Crippen LogP contribution in [0.3, 0.4) is 0 Å². The van der Waals surface area contributed by atoms with Crippen molar-refractivity contribution in [2.45, 2.75) is 39.7 Å². The molecular weight excluding hydrogens is 365 g/mol. The minimum Gasteiger partial charge on any atom is -0.479 e. The molecule has 0 bridgehead atoms. The van der Waals surface area contributed by atoms with Gasteiger partial charge in [0.1, 0.15) is 0 Å². The maximum Gasteiger partial charge on any atom is 0.242 e. The van der Waals surface area contributed by atoms with Crippen LogP contribution in [-0.4, -0.2) is 40.4 Å². The number of hydrogen-bond donors (Lipinski definition) is 2. The van der Waals surface area contributed by atoms with Crippen molar-refractivity contribution in [1.82, 2.24) is 20.1 Å². The van der Waals surface area contributed by atoms with E-state index in [1.165, 1.54) is 0 Å². The average molecular weight is 392 g/mol. The molecule has 2 heterocycles. The lowest BCUT2D eigenvalue weighted by Gasteiger charge is -2.13. The molecule has 0 unspecified atom stereocenters. The number of carbonyl (C=O) groups is 1. The van der Waals surface area contributed by atoms with Crippen LogP contribution < -0.4 is 15.8 Å². The first-order chi connectivity index (χ1) is 10.9. The predicted molar refractivity (Wildman–Crippen MR) is 104 cm³/mol. The molecule has 0 aliphatic carbocycles. The summed E-state index contributed by atoms with van der Waals surface area (Å²) in [4.78, 5) is 16.6. The second-order valence-corrected chi connectivity index (χ2v) is 5.84. The number of nitrogens with one attached hydrogen (secondary N) is 1. The number of hydrogen-bond acceptors (Lipinski definition) is 5. The number of ether oxygens (including phenoxy) is 1. The van der Waals surface area contributed by atoms with Crippen molar-refractivity contribution in [2.24, 2.45) is 12.8 Å². The van der Waals surface area contributed by atoms with Gasteiger partial charge in [0.2, 0.25) is 11.8 Å². The lowest BCUT2D eigenvalue weighted by atomic mass is 10.00. The van der Waals surface area contributed by atoms with Crippen LogP contribution in [-0.2, 0) is 18.3 Å². The van der Waals surface area contributed by atoms with Gasteiger partial charge in [0.15, 0.2) is 5.65 Å². The Morgan fingerprint density at radius 3 is 2.56 bits per heavy atom. The van der Waals surface area contributed by atoms with Crippen LogP contribution in [0.4, 0.5) is 0 Å². The maximum absolute atomic E-state index is 12.0. The zero-order valence-corrected chi connectivity index (χ0v) is 16.9. The monoisotopic (exact) mass is 391 g/mol. The van der Waals surface area contributed by atoms with Gasteiger partial charge in [-0.1, -0.05) is 0 Å². The molecule has 0 fully saturated rings. The van der Waals surface area contributed by atoms with Crippen molar-refractivity contribution in [1.29, 1.82) is 0 Å². The second kappa shape index (κ2) is 9.79. The van der Waals surface area contributed by atoms with Gasteiger partial charge >= 0.3 is 0 Å². The molecule has 0 saturated carbocycles. The third-order valence-electron chi connectivity index (χ3n) is 4.08. The van der Waals surface area contributed by atoms with Crippen molar-refractivity contribution in [2.75, 3.05) is 13.7 Å². The minimum atomic E-state index is -0.0104. The lowest BCUT2D eigenvalue weighted by Crippen LogP contribution is -2.37. The zero-order valence-electron chi connectivity index (χ0n) is 15.3. The third kappa shape index (κ3) is 4.96. The van der Waals surface area contributed by atoms with Crippen LogP contribution in [0.2, 0.25) is 0 Å². The molecule has 7 nitrogen and oxygen atoms in total. The van der Waals surface area contributed by atoms with Crippen LogP contribution >= 0.6 is 24.8 Å². The van der Waals surface area contributed by atoms with E-state index >= 15 is 0 Å². The smallest absolute Gasteiger partial charge is 0.242 e. The van der Waals surface area contributed by atoms with Gasteiger partial charge in [-0.2, -0.15) is 0 Å². The number of methoxy groups -OCH3 is 1. The maximum atomic E-state index is 12.0. The van der Waals surface area contributed by atoms with Gasteiger partial charge in [0, 0.05) is 31.7 Å². The van der Waals surface area contributed by atoms with E-state index in [0.717, 1.165) is 27.9 Å². The fraction of sp³-hybridized carbons (Fsp3) is 0.562. The molecule has 1 amide bonds. The van der Waals surface area contributed by atoms with Gasteiger partial charge in [-0.25, -0.2) is 9.67 Å². The molecule has 0 aliphatic heterocycles. The highest BCUT2D eigenvalue weighted by molar-refractivity contribution is 5.86. The number of amides is 1. The summed E-state index contributed by atoms with van der Waals surface area (Å²) in [7, 11) is 3.44. The van der Waals surface area contributed by atoms with E-state index in [0.29, 0.717) is 25.3 Å². The second-order valence-electron chi connectivity index (χ2n) is 5.84. The number of rotatable bonds is 6. The van der Waals surface area contributed by atoms with Gasteiger partial charge in [0.25, 0.3) is 0 Å². The molecule has 2 aromatic rings. The molecule has 9 heteroatoms. The molecule has 0 aromatic carbocycles. The topological polar surface area (TPSA) is 95.1 Å². The van der Waals surface area contributed by atoms with Gasteiger partial charge in [-0.3, -0.25) is 4.79 Å². The molecule has 142 valence electrons. The molecule has 0 aliphatic rings. The Morgan fingerprint density at radius 1 is 1.36 bits per heavy atom. The Labute approximate surface area is 160 Å². The largest absolute Gasteiger partial charge is 0.479 e. The summed E-state index contributed by atoms with van der Waals surface area (Å²) in [5.74, 6) is 0.565. The summed E-state index contributed by atoms with van der Waals surface area (Å²) in [6, 6.07) is -0.0104. The Balaban J connectivity index is 0.00000288. The minimum absolute atomic E-state index is 0. The predicted octanol–water partition coefficient (Wildman–Crippen LogP) is 1.83. The third-order valence-corrected chi connectivity index (χ3v) is 4.08. The van der Waals surface area contributed by atoms with Gasteiger partial charge < -0.3 is 15.8 Å². The number of nitrogens with two attached hydrogens (primary N) is 1. The van der Waals surface area contributed by atoms with Crippen LogP contribution in [0.25, 0.3) is 11.0 Å². The number of carbonyl (C=O) groups excluding carboxylic acids is 1. The number of pyridine rings is 1. The van der Waals surface area contributed by atoms with Crippen LogP contribution in [0.1, 0.15) is 30.2 Å².